The molecule has 0 fully saturated rings. The second kappa shape index (κ2) is 14.0. The number of aliphatic imine (C=N–C) groups is 1. The van der Waals surface area contributed by atoms with Crippen molar-refractivity contribution in [3.63, 3.8) is 0 Å². The largest absolute Gasteiger partial charge is 0.491 e. The number of ether oxygens (including phenoxy) is 2. The minimum atomic E-state index is 0. The van der Waals surface area contributed by atoms with Gasteiger partial charge in [-0.05, 0) is 46.2 Å². The van der Waals surface area contributed by atoms with Crippen LogP contribution in [0.1, 0.15) is 38.8 Å². The van der Waals surface area contributed by atoms with Crippen molar-refractivity contribution < 1.29 is 9.47 Å². The Hall–Kier alpha value is -1.06. The summed E-state index contributed by atoms with van der Waals surface area (Å²) in [5.41, 5.74) is 2.35. The Balaban J connectivity index is 0.00000676. The van der Waals surface area contributed by atoms with Crippen LogP contribution in [0.5, 0.6) is 5.75 Å². The van der Waals surface area contributed by atoms with Gasteiger partial charge in [-0.3, -0.25) is 0 Å². The number of hydrogen-bond acceptors (Lipinski definition) is 4. The summed E-state index contributed by atoms with van der Waals surface area (Å²) in [6.07, 6.45) is 0. The zero-order valence-electron chi connectivity index (χ0n) is 17.6. The first-order valence-electron chi connectivity index (χ1n) is 9.34. The van der Waals surface area contributed by atoms with Gasteiger partial charge in [0.2, 0.25) is 0 Å². The average molecular weight is 492 g/mol. The molecule has 7 heteroatoms. The van der Waals surface area contributed by atoms with Crippen LogP contribution in [-0.2, 0) is 11.3 Å². The van der Waals surface area contributed by atoms with Gasteiger partial charge >= 0.3 is 0 Å². The number of nitrogens with zero attached hydrogens (tertiary/aromatic N) is 1. The number of halogens is 1. The zero-order valence-corrected chi connectivity index (χ0v) is 20.0. The Bertz CT molecular complexity index is 559. The molecule has 1 aromatic rings. The summed E-state index contributed by atoms with van der Waals surface area (Å²) in [6.45, 7) is 14.8. The Morgan fingerprint density at radius 3 is 2.48 bits per heavy atom. The highest BCUT2D eigenvalue weighted by molar-refractivity contribution is 14.0. The SMILES string of the molecule is CCNC(=NCc1ccc(C)cc1OCCOC)NCCNC(C)(C)C.I. The monoisotopic (exact) mass is 492 g/mol. The molecule has 3 N–H and O–H groups in total. The molecule has 0 aliphatic heterocycles. The van der Waals surface area contributed by atoms with Crippen molar-refractivity contribution in [3.05, 3.63) is 29.3 Å². The maximum Gasteiger partial charge on any atom is 0.191 e. The lowest BCUT2D eigenvalue weighted by Gasteiger charge is -2.21. The maximum absolute atomic E-state index is 5.84. The molecule has 0 aliphatic carbocycles. The van der Waals surface area contributed by atoms with Crippen LogP contribution in [0.4, 0.5) is 0 Å². The molecule has 0 aliphatic rings. The van der Waals surface area contributed by atoms with Crippen LogP contribution < -0.4 is 20.7 Å². The highest BCUT2D eigenvalue weighted by Gasteiger charge is 2.08. The highest BCUT2D eigenvalue weighted by Crippen LogP contribution is 2.21. The van der Waals surface area contributed by atoms with E-state index < -0.39 is 0 Å². The molecule has 0 saturated carbocycles. The number of methoxy groups -OCH3 is 1. The molecular formula is C20H37IN4O2. The van der Waals surface area contributed by atoms with Crippen LogP contribution in [0.25, 0.3) is 0 Å². The lowest BCUT2D eigenvalue weighted by Crippen LogP contribution is -2.44. The molecule has 0 unspecified atom stereocenters. The number of guanidine groups is 1. The van der Waals surface area contributed by atoms with E-state index in [2.05, 4.69) is 62.7 Å². The smallest absolute Gasteiger partial charge is 0.191 e. The third-order valence-electron chi connectivity index (χ3n) is 3.59. The first-order valence-corrected chi connectivity index (χ1v) is 9.34. The summed E-state index contributed by atoms with van der Waals surface area (Å²) in [5, 5.41) is 10.1. The molecule has 0 bridgehead atoms. The van der Waals surface area contributed by atoms with Crippen LogP contribution in [0, 0.1) is 6.92 Å². The quantitative estimate of drug-likeness (QED) is 0.203. The number of aryl methyl sites for hydroxylation is 1. The number of benzene rings is 1. The molecule has 0 aromatic heterocycles. The molecule has 27 heavy (non-hydrogen) atoms. The molecule has 0 heterocycles. The van der Waals surface area contributed by atoms with Gasteiger partial charge in [-0.2, -0.15) is 0 Å². The summed E-state index contributed by atoms with van der Waals surface area (Å²) >= 11 is 0. The van der Waals surface area contributed by atoms with Gasteiger partial charge in [0, 0.05) is 37.8 Å². The van der Waals surface area contributed by atoms with E-state index in [-0.39, 0.29) is 29.5 Å². The minimum Gasteiger partial charge on any atom is -0.491 e. The predicted molar refractivity (Wildman–Crippen MR) is 125 cm³/mol. The Morgan fingerprint density at radius 1 is 1.11 bits per heavy atom. The Labute approximate surface area is 181 Å². The topological polar surface area (TPSA) is 66.9 Å². The highest BCUT2D eigenvalue weighted by atomic mass is 127. The van der Waals surface area contributed by atoms with Gasteiger partial charge in [-0.25, -0.2) is 4.99 Å². The summed E-state index contributed by atoms with van der Waals surface area (Å²) < 4.78 is 10.9. The summed E-state index contributed by atoms with van der Waals surface area (Å²) in [5.74, 6) is 1.68. The fraction of sp³-hybridized carbons (Fsp3) is 0.650. The van der Waals surface area contributed by atoms with Gasteiger partial charge in [0.15, 0.2) is 5.96 Å². The summed E-state index contributed by atoms with van der Waals surface area (Å²) in [7, 11) is 1.67. The summed E-state index contributed by atoms with van der Waals surface area (Å²) in [4.78, 5) is 4.69. The van der Waals surface area contributed by atoms with E-state index >= 15 is 0 Å². The molecular weight excluding hydrogens is 455 g/mol. The van der Waals surface area contributed by atoms with Gasteiger partial charge < -0.3 is 25.4 Å². The summed E-state index contributed by atoms with van der Waals surface area (Å²) in [6, 6.07) is 6.21. The standard InChI is InChI=1S/C20H36N4O2.HI/c1-7-21-19(22-10-11-24-20(3,4)5)23-15-17-9-8-16(2)14-18(17)26-13-12-25-6;/h8-9,14,24H,7,10-13,15H2,1-6H3,(H2,21,22,23);1H. The molecule has 0 spiro atoms. The lowest BCUT2D eigenvalue weighted by atomic mass is 10.1. The Kier molecular flexibility index (Phi) is 13.5. The van der Waals surface area contributed by atoms with Crippen molar-refractivity contribution in [2.75, 3.05) is 40.0 Å². The van der Waals surface area contributed by atoms with Crippen LogP contribution in [0.3, 0.4) is 0 Å². The zero-order chi connectivity index (χ0) is 19.4. The van der Waals surface area contributed by atoms with Gasteiger partial charge in [0.05, 0.1) is 13.2 Å². The van der Waals surface area contributed by atoms with Crippen molar-refractivity contribution in [1.29, 1.82) is 0 Å². The molecule has 6 nitrogen and oxygen atoms in total. The molecule has 1 rings (SSSR count). The van der Waals surface area contributed by atoms with E-state index in [9.17, 15) is 0 Å². The van der Waals surface area contributed by atoms with Crippen LogP contribution >= 0.6 is 24.0 Å². The van der Waals surface area contributed by atoms with E-state index in [0.717, 1.165) is 36.9 Å². The van der Waals surface area contributed by atoms with E-state index in [4.69, 9.17) is 14.5 Å². The number of hydrogen-bond donors (Lipinski definition) is 3. The molecule has 0 saturated heterocycles. The Morgan fingerprint density at radius 2 is 1.85 bits per heavy atom. The van der Waals surface area contributed by atoms with Crippen LogP contribution in [0.2, 0.25) is 0 Å². The van der Waals surface area contributed by atoms with Gasteiger partial charge in [-0.15, -0.1) is 24.0 Å². The van der Waals surface area contributed by atoms with Crippen molar-refractivity contribution in [2.45, 2.75) is 46.7 Å². The van der Waals surface area contributed by atoms with Crippen molar-refractivity contribution >= 4 is 29.9 Å². The number of nitrogens with one attached hydrogen (secondary N) is 3. The maximum atomic E-state index is 5.84. The van der Waals surface area contributed by atoms with Crippen molar-refractivity contribution in [1.82, 2.24) is 16.0 Å². The predicted octanol–water partition coefficient (Wildman–Crippen LogP) is 3.08. The first kappa shape index (κ1) is 25.9. The minimum absolute atomic E-state index is 0. The molecule has 156 valence electrons. The normalized spacial score (nSPS) is 11.7. The van der Waals surface area contributed by atoms with Gasteiger partial charge in [0.25, 0.3) is 0 Å². The fourth-order valence-corrected chi connectivity index (χ4v) is 2.29. The molecule has 0 atom stereocenters. The number of rotatable bonds is 10. The third kappa shape index (κ3) is 12.1. The van der Waals surface area contributed by atoms with E-state index in [0.29, 0.717) is 19.8 Å². The lowest BCUT2D eigenvalue weighted by molar-refractivity contribution is 0.145. The van der Waals surface area contributed by atoms with E-state index in [1.807, 2.05) is 6.07 Å². The van der Waals surface area contributed by atoms with Gasteiger partial charge in [-0.1, -0.05) is 12.1 Å². The molecule has 0 amide bonds. The van der Waals surface area contributed by atoms with E-state index in [1.165, 1.54) is 5.56 Å². The first-order chi connectivity index (χ1) is 12.4. The third-order valence-corrected chi connectivity index (χ3v) is 3.59. The second-order valence-electron chi connectivity index (χ2n) is 7.25. The average Bonchev–Trinajstić information content (AvgIpc) is 2.57. The van der Waals surface area contributed by atoms with Crippen LogP contribution in [0.15, 0.2) is 23.2 Å². The van der Waals surface area contributed by atoms with Crippen molar-refractivity contribution in [3.8, 4) is 5.75 Å². The van der Waals surface area contributed by atoms with Crippen LogP contribution in [-0.4, -0.2) is 51.5 Å². The van der Waals surface area contributed by atoms with E-state index in [1.54, 1.807) is 7.11 Å². The van der Waals surface area contributed by atoms with Crippen molar-refractivity contribution in [2.24, 2.45) is 4.99 Å². The second-order valence-corrected chi connectivity index (χ2v) is 7.25. The molecule has 1 aromatic carbocycles. The van der Waals surface area contributed by atoms with Gasteiger partial charge in [0.1, 0.15) is 12.4 Å². The molecule has 0 radical (unpaired) electrons. The fourth-order valence-electron chi connectivity index (χ4n) is 2.29.